The summed E-state index contributed by atoms with van der Waals surface area (Å²) in [5.74, 6) is 0.155. The Labute approximate surface area is 122 Å². The molecule has 5 fully saturated rings. The molecule has 2 amide bonds. The van der Waals surface area contributed by atoms with Crippen LogP contribution in [0.15, 0.2) is 0 Å². The molecule has 6 heteroatoms. The second-order valence-electron chi connectivity index (χ2n) is 7.21. The molecule has 1 aliphatic heterocycles. The standard InChI is InChI=1S/C15H20N2O4/c18-12-6-16-15(14(21)17(12)7-13(19)20)10-2-8-1-9(4-10)5-11(15)3-8/h8-11,16H,1-7H2,(H,19,20). The van der Waals surface area contributed by atoms with Gasteiger partial charge in [-0.1, -0.05) is 0 Å². The second kappa shape index (κ2) is 4.29. The topological polar surface area (TPSA) is 86.7 Å². The summed E-state index contributed by atoms with van der Waals surface area (Å²) < 4.78 is 0. The number of carbonyl (C=O) groups is 3. The first-order valence-corrected chi connectivity index (χ1v) is 7.82. The van der Waals surface area contributed by atoms with Crippen molar-refractivity contribution in [2.45, 2.75) is 37.6 Å². The van der Waals surface area contributed by atoms with Gasteiger partial charge in [0, 0.05) is 0 Å². The number of carbonyl (C=O) groups excluding carboxylic acids is 2. The van der Waals surface area contributed by atoms with E-state index in [-0.39, 0.29) is 24.3 Å². The Bertz CT molecular complexity index is 502. The van der Waals surface area contributed by atoms with Crippen molar-refractivity contribution in [3.05, 3.63) is 0 Å². The lowest BCUT2D eigenvalue weighted by molar-refractivity contribution is -0.172. The summed E-state index contributed by atoms with van der Waals surface area (Å²) in [7, 11) is 0. The van der Waals surface area contributed by atoms with Gasteiger partial charge in [-0.2, -0.15) is 0 Å². The van der Waals surface area contributed by atoms with Crippen molar-refractivity contribution >= 4 is 17.8 Å². The monoisotopic (exact) mass is 292 g/mol. The molecule has 1 saturated heterocycles. The van der Waals surface area contributed by atoms with Gasteiger partial charge < -0.3 is 5.11 Å². The number of hydrogen-bond donors (Lipinski definition) is 2. The third-order valence-electron chi connectivity index (χ3n) is 6.15. The highest BCUT2D eigenvalue weighted by Crippen LogP contribution is 2.59. The van der Waals surface area contributed by atoms with Crippen LogP contribution in [0.5, 0.6) is 0 Å². The van der Waals surface area contributed by atoms with E-state index in [1.54, 1.807) is 0 Å². The van der Waals surface area contributed by atoms with E-state index in [2.05, 4.69) is 5.32 Å². The molecule has 0 aromatic carbocycles. The lowest BCUT2D eigenvalue weighted by Gasteiger charge is -2.62. The van der Waals surface area contributed by atoms with E-state index in [4.69, 9.17) is 5.11 Å². The summed E-state index contributed by atoms with van der Waals surface area (Å²) in [6.07, 6.45) is 5.46. The molecule has 2 N–H and O–H groups in total. The number of piperazine rings is 1. The first-order valence-electron chi connectivity index (χ1n) is 7.82. The van der Waals surface area contributed by atoms with E-state index in [9.17, 15) is 14.4 Å². The molecule has 4 bridgehead atoms. The molecule has 0 radical (unpaired) electrons. The summed E-state index contributed by atoms with van der Waals surface area (Å²) in [4.78, 5) is 36.8. The Morgan fingerprint density at radius 1 is 1.14 bits per heavy atom. The molecule has 21 heavy (non-hydrogen) atoms. The molecule has 0 atom stereocenters. The van der Waals surface area contributed by atoms with Crippen LogP contribution in [0.25, 0.3) is 0 Å². The van der Waals surface area contributed by atoms with Crippen LogP contribution >= 0.6 is 0 Å². The fourth-order valence-corrected chi connectivity index (χ4v) is 5.59. The van der Waals surface area contributed by atoms with Crippen LogP contribution in [0.1, 0.15) is 32.1 Å². The van der Waals surface area contributed by atoms with Crippen LogP contribution in [0.4, 0.5) is 0 Å². The first kappa shape index (κ1) is 13.2. The smallest absolute Gasteiger partial charge is 0.323 e. The third kappa shape index (κ3) is 1.71. The Hall–Kier alpha value is -1.43. The number of hydrogen-bond acceptors (Lipinski definition) is 4. The zero-order chi connectivity index (χ0) is 14.8. The largest absolute Gasteiger partial charge is 0.480 e. The van der Waals surface area contributed by atoms with Gasteiger partial charge in [-0.3, -0.25) is 24.6 Å². The number of amides is 2. The molecule has 0 unspecified atom stereocenters. The van der Waals surface area contributed by atoms with Gasteiger partial charge >= 0.3 is 5.97 Å². The highest BCUT2D eigenvalue weighted by molar-refractivity contribution is 6.05. The average molecular weight is 292 g/mol. The van der Waals surface area contributed by atoms with Crippen LogP contribution in [0, 0.1) is 23.7 Å². The summed E-state index contributed by atoms with van der Waals surface area (Å²) in [6.45, 7) is -0.422. The van der Waals surface area contributed by atoms with Crippen molar-refractivity contribution in [2.24, 2.45) is 23.7 Å². The maximum absolute atomic E-state index is 13.0. The van der Waals surface area contributed by atoms with E-state index >= 15 is 0 Å². The molecule has 5 aliphatic rings. The Kier molecular flexibility index (Phi) is 2.70. The minimum absolute atomic E-state index is 0.0847. The van der Waals surface area contributed by atoms with Crippen molar-refractivity contribution in [3.8, 4) is 0 Å². The molecule has 5 rings (SSSR count). The molecule has 6 nitrogen and oxygen atoms in total. The molecule has 4 saturated carbocycles. The Balaban J connectivity index is 1.69. The van der Waals surface area contributed by atoms with Crippen LogP contribution in [0.2, 0.25) is 0 Å². The molecule has 4 aliphatic carbocycles. The summed E-state index contributed by atoms with van der Waals surface area (Å²) in [5, 5.41) is 12.2. The van der Waals surface area contributed by atoms with Crippen molar-refractivity contribution in [1.29, 1.82) is 0 Å². The van der Waals surface area contributed by atoms with Gasteiger partial charge in [0.05, 0.1) is 6.54 Å². The summed E-state index contributed by atoms with van der Waals surface area (Å²) in [6, 6.07) is 0. The van der Waals surface area contributed by atoms with E-state index in [0.717, 1.165) is 42.4 Å². The third-order valence-corrected chi connectivity index (χ3v) is 6.15. The van der Waals surface area contributed by atoms with Crippen molar-refractivity contribution in [3.63, 3.8) is 0 Å². The minimum Gasteiger partial charge on any atom is -0.480 e. The molecule has 114 valence electrons. The lowest BCUT2D eigenvalue weighted by Crippen LogP contribution is -2.76. The summed E-state index contributed by atoms with van der Waals surface area (Å²) >= 11 is 0. The van der Waals surface area contributed by atoms with Crippen LogP contribution in [-0.2, 0) is 14.4 Å². The number of rotatable bonds is 2. The van der Waals surface area contributed by atoms with Crippen LogP contribution in [0.3, 0.4) is 0 Å². The number of carboxylic acids is 1. The van der Waals surface area contributed by atoms with Gasteiger partial charge in [-0.25, -0.2) is 0 Å². The number of imide groups is 1. The van der Waals surface area contributed by atoms with Crippen molar-refractivity contribution in [2.75, 3.05) is 13.1 Å². The number of carboxylic acid groups (broad SMARTS) is 1. The first-order chi connectivity index (χ1) is 10.0. The van der Waals surface area contributed by atoms with Gasteiger partial charge in [-0.15, -0.1) is 0 Å². The lowest BCUT2D eigenvalue weighted by atomic mass is 9.48. The molecule has 1 spiro atoms. The highest BCUT2D eigenvalue weighted by atomic mass is 16.4. The molecule has 0 aromatic rings. The normalized spacial score (nSPS) is 44.7. The number of aliphatic carboxylic acids is 1. The SMILES string of the molecule is O=C(O)CN1C(=O)CNC2(C1=O)C1CC3CC(C1)CC2C3. The van der Waals surface area contributed by atoms with Gasteiger partial charge in [0.2, 0.25) is 5.91 Å². The minimum atomic E-state index is -1.13. The number of nitrogens with zero attached hydrogens (tertiary/aromatic N) is 1. The molecular formula is C15H20N2O4. The van der Waals surface area contributed by atoms with Crippen molar-refractivity contribution in [1.82, 2.24) is 10.2 Å². The fraction of sp³-hybridized carbons (Fsp3) is 0.800. The Morgan fingerprint density at radius 3 is 2.24 bits per heavy atom. The maximum Gasteiger partial charge on any atom is 0.323 e. The highest BCUT2D eigenvalue weighted by Gasteiger charge is 2.63. The molecular weight excluding hydrogens is 272 g/mol. The predicted octanol–water partition coefficient (Wildman–Crippen LogP) is 0.224. The molecule has 0 aromatic heterocycles. The van der Waals surface area contributed by atoms with E-state index in [1.807, 2.05) is 0 Å². The fourth-order valence-electron chi connectivity index (χ4n) is 5.59. The average Bonchev–Trinajstić information content (AvgIpc) is 2.41. The zero-order valence-electron chi connectivity index (χ0n) is 11.9. The van der Waals surface area contributed by atoms with E-state index in [0.29, 0.717) is 0 Å². The number of nitrogens with one attached hydrogen (secondary N) is 1. The quantitative estimate of drug-likeness (QED) is 0.711. The summed E-state index contributed by atoms with van der Waals surface area (Å²) in [5.41, 5.74) is -0.670. The van der Waals surface area contributed by atoms with Gasteiger partial charge in [0.15, 0.2) is 0 Å². The second-order valence-corrected chi connectivity index (χ2v) is 7.21. The van der Waals surface area contributed by atoms with E-state index in [1.165, 1.54) is 6.42 Å². The molecule has 1 heterocycles. The van der Waals surface area contributed by atoms with Gasteiger partial charge in [-0.05, 0) is 55.8 Å². The zero-order valence-corrected chi connectivity index (χ0v) is 11.9. The van der Waals surface area contributed by atoms with Crippen molar-refractivity contribution < 1.29 is 19.5 Å². The van der Waals surface area contributed by atoms with E-state index < -0.39 is 24.0 Å². The predicted molar refractivity (Wildman–Crippen MR) is 72.1 cm³/mol. The van der Waals surface area contributed by atoms with Crippen LogP contribution < -0.4 is 5.32 Å². The van der Waals surface area contributed by atoms with Gasteiger partial charge in [0.1, 0.15) is 12.1 Å². The Morgan fingerprint density at radius 2 is 1.71 bits per heavy atom. The maximum atomic E-state index is 13.0. The van der Waals surface area contributed by atoms with Gasteiger partial charge in [0.25, 0.3) is 5.91 Å². The van der Waals surface area contributed by atoms with Crippen LogP contribution in [-0.4, -0.2) is 46.4 Å².